The van der Waals surface area contributed by atoms with E-state index in [0.717, 1.165) is 5.69 Å². The van der Waals surface area contributed by atoms with Crippen LogP contribution < -0.4 is 10.6 Å². The number of hydrogen-bond donors (Lipinski definition) is 2. The van der Waals surface area contributed by atoms with E-state index in [2.05, 4.69) is 9.88 Å². The summed E-state index contributed by atoms with van der Waals surface area (Å²) in [5, 5.41) is 9.00. The van der Waals surface area contributed by atoms with Crippen molar-refractivity contribution in [1.29, 1.82) is 0 Å². The zero-order valence-corrected chi connectivity index (χ0v) is 11.3. The van der Waals surface area contributed by atoms with Crippen molar-refractivity contribution >= 4 is 17.6 Å². The highest BCUT2D eigenvalue weighted by Crippen LogP contribution is 2.17. The Bertz CT molecular complexity index is 512. The van der Waals surface area contributed by atoms with Crippen molar-refractivity contribution in [3.05, 3.63) is 24.0 Å². The predicted molar refractivity (Wildman–Crippen MR) is 73.6 cm³/mol. The molecule has 0 radical (unpaired) electrons. The average molecular weight is 278 g/mol. The maximum absolute atomic E-state index is 11.1. The molecule has 0 aromatic carbocycles. The van der Waals surface area contributed by atoms with Gasteiger partial charge in [-0.3, -0.25) is 19.5 Å². The number of nitrogens with two attached hydrogens (primary N) is 1. The van der Waals surface area contributed by atoms with Gasteiger partial charge in [-0.15, -0.1) is 0 Å². The summed E-state index contributed by atoms with van der Waals surface area (Å²) >= 11 is 0. The smallest absolute Gasteiger partial charge is 0.320 e. The molecule has 1 aliphatic heterocycles. The second kappa shape index (κ2) is 5.87. The first kappa shape index (κ1) is 14.3. The molecule has 20 heavy (non-hydrogen) atoms. The van der Waals surface area contributed by atoms with Crippen molar-refractivity contribution in [2.75, 3.05) is 31.1 Å². The van der Waals surface area contributed by atoms with Gasteiger partial charge in [0, 0.05) is 38.1 Å². The van der Waals surface area contributed by atoms with E-state index in [1.807, 2.05) is 11.0 Å². The summed E-state index contributed by atoms with van der Waals surface area (Å²) in [7, 11) is 0. The molecule has 0 bridgehead atoms. The van der Waals surface area contributed by atoms with Crippen LogP contribution in [-0.4, -0.2) is 59.1 Å². The molecular formula is C13H18N4O3. The van der Waals surface area contributed by atoms with Gasteiger partial charge in [0.05, 0.1) is 0 Å². The quantitative estimate of drug-likeness (QED) is 0.789. The van der Waals surface area contributed by atoms with Crippen LogP contribution in [-0.2, 0) is 4.79 Å². The van der Waals surface area contributed by atoms with E-state index in [9.17, 15) is 9.59 Å². The molecule has 0 aliphatic carbocycles. The molecular weight excluding hydrogens is 260 g/mol. The van der Waals surface area contributed by atoms with Crippen molar-refractivity contribution in [1.82, 2.24) is 9.88 Å². The predicted octanol–water partition coefficient (Wildman–Crippen LogP) is -0.224. The molecule has 3 N–H and O–H groups in total. The monoisotopic (exact) mass is 278 g/mol. The zero-order chi connectivity index (χ0) is 14.7. The summed E-state index contributed by atoms with van der Waals surface area (Å²) in [5.41, 5.74) is 6.34. The number of carbonyl (C=O) groups is 2. The van der Waals surface area contributed by atoms with E-state index >= 15 is 0 Å². The number of amides is 1. The Morgan fingerprint density at radius 3 is 2.55 bits per heavy atom. The number of anilines is 1. The first-order valence-corrected chi connectivity index (χ1v) is 6.46. The highest BCUT2D eigenvalue weighted by atomic mass is 16.4. The topological polar surface area (TPSA) is 99.8 Å². The zero-order valence-electron chi connectivity index (χ0n) is 11.3. The SMILES string of the molecule is CC(C(=O)O)N1CCN(c2ccnc(C(N)=O)c2)CC1. The lowest BCUT2D eigenvalue weighted by Crippen LogP contribution is -2.51. The molecule has 1 aromatic rings. The summed E-state index contributed by atoms with van der Waals surface area (Å²) < 4.78 is 0. The molecule has 1 saturated heterocycles. The molecule has 7 nitrogen and oxygen atoms in total. The van der Waals surface area contributed by atoms with Crippen LogP contribution in [0, 0.1) is 0 Å². The van der Waals surface area contributed by atoms with Crippen molar-refractivity contribution in [2.24, 2.45) is 5.73 Å². The van der Waals surface area contributed by atoms with E-state index in [1.54, 1.807) is 19.2 Å². The van der Waals surface area contributed by atoms with Crippen LogP contribution in [0.2, 0.25) is 0 Å². The fourth-order valence-corrected chi connectivity index (χ4v) is 2.27. The minimum absolute atomic E-state index is 0.240. The van der Waals surface area contributed by atoms with E-state index in [0.29, 0.717) is 26.2 Å². The first-order chi connectivity index (χ1) is 9.49. The minimum Gasteiger partial charge on any atom is -0.480 e. The minimum atomic E-state index is -0.807. The Morgan fingerprint density at radius 2 is 2.00 bits per heavy atom. The highest BCUT2D eigenvalue weighted by Gasteiger charge is 2.25. The number of aliphatic carboxylic acids is 1. The van der Waals surface area contributed by atoms with Crippen LogP contribution >= 0.6 is 0 Å². The molecule has 2 rings (SSSR count). The third kappa shape index (κ3) is 3.05. The Hall–Kier alpha value is -2.15. The number of rotatable bonds is 4. The second-order valence-electron chi connectivity index (χ2n) is 4.80. The van der Waals surface area contributed by atoms with Crippen LogP contribution in [0.5, 0.6) is 0 Å². The third-order valence-corrected chi connectivity index (χ3v) is 3.58. The third-order valence-electron chi connectivity index (χ3n) is 3.58. The summed E-state index contributed by atoms with van der Waals surface area (Å²) in [6.07, 6.45) is 1.56. The lowest BCUT2D eigenvalue weighted by molar-refractivity contribution is -0.142. The van der Waals surface area contributed by atoms with Crippen molar-refractivity contribution in [3.8, 4) is 0 Å². The fraction of sp³-hybridized carbons (Fsp3) is 0.462. The van der Waals surface area contributed by atoms with Gasteiger partial charge in [0.1, 0.15) is 11.7 Å². The van der Waals surface area contributed by atoms with Gasteiger partial charge < -0.3 is 15.7 Å². The standard InChI is InChI=1S/C13H18N4O3/c1-9(13(19)20)16-4-6-17(7-5-16)10-2-3-15-11(8-10)12(14)18/h2-3,8-9H,4-7H2,1H3,(H2,14,18)(H,19,20). The van der Waals surface area contributed by atoms with Gasteiger partial charge in [-0.1, -0.05) is 0 Å². The number of carboxylic acid groups (broad SMARTS) is 1. The molecule has 1 aliphatic rings. The maximum atomic E-state index is 11.1. The number of primary amides is 1. The molecule has 108 valence electrons. The van der Waals surface area contributed by atoms with Gasteiger partial charge in [0.2, 0.25) is 0 Å². The van der Waals surface area contributed by atoms with Crippen LogP contribution in [0.25, 0.3) is 0 Å². The van der Waals surface area contributed by atoms with Crippen molar-refractivity contribution < 1.29 is 14.7 Å². The first-order valence-electron chi connectivity index (χ1n) is 6.46. The number of carbonyl (C=O) groups excluding carboxylic acids is 1. The van der Waals surface area contributed by atoms with E-state index in [-0.39, 0.29) is 5.69 Å². The van der Waals surface area contributed by atoms with E-state index < -0.39 is 17.9 Å². The molecule has 1 aromatic heterocycles. The summed E-state index contributed by atoms with van der Waals surface area (Å²) in [5.74, 6) is -1.36. The number of hydrogen-bond acceptors (Lipinski definition) is 5. The van der Waals surface area contributed by atoms with Crippen molar-refractivity contribution in [3.63, 3.8) is 0 Å². The number of aromatic nitrogens is 1. The van der Waals surface area contributed by atoms with Gasteiger partial charge in [0.25, 0.3) is 5.91 Å². The summed E-state index contributed by atoms with van der Waals surface area (Å²) in [4.78, 5) is 30.0. The largest absolute Gasteiger partial charge is 0.480 e. The summed E-state index contributed by atoms with van der Waals surface area (Å²) in [6.45, 7) is 4.44. The van der Waals surface area contributed by atoms with E-state index in [4.69, 9.17) is 10.8 Å². The maximum Gasteiger partial charge on any atom is 0.320 e. The second-order valence-corrected chi connectivity index (χ2v) is 4.80. The van der Waals surface area contributed by atoms with Crippen LogP contribution in [0.4, 0.5) is 5.69 Å². The Balaban J connectivity index is 2.02. The normalized spacial score (nSPS) is 17.8. The van der Waals surface area contributed by atoms with Crippen LogP contribution in [0.1, 0.15) is 17.4 Å². The molecule has 1 amide bonds. The van der Waals surface area contributed by atoms with E-state index in [1.165, 1.54) is 0 Å². The van der Waals surface area contributed by atoms with Crippen LogP contribution in [0.3, 0.4) is 0 Å². The highest BCUT2D eigenvalue weighted by molar-refractivity contribution is 5.91. The molecule has 1 atom stereocenters. The summed E-state index contributed by atoms with van der Waals surface area (Å²) in [6, 6.07) is 3.01. The molecule has 1 fully saturated rings. The molecule has 0 saturated carbocycles. The van der Waals surface area contributed by atoms with Gasteiger partial charge >= 0.3 is 5.97 Å². The number of carboxylic acids is 1. The molecule has 7 heteroatoms. The number of nitrogens with zero attached hydrogens (tertiary/aromatic N) is 3. The lowest BCUT2D eigenvalue weighted by Gasteiger charge is -2.37. The molecule has 0 spiro atoms. The lowest BCUT2D eigenvalue weighted by atomic mass is 10.2. The molecule has 1 unspecified atom stereocenters. The van der Waals surface area contributed by atoms with Gasteiger partial charge in [-0.2, -0.15) is 0 Å². The number of piperazine rings is 1. The molecule has 2 heterocycles. The number of pyridine rings is 1. The average Bonchev–Trinajstić information content (AvgIpc) is 2.46. The Kier molecular flexibility index (Phi) is 4.19. The van der Waals surface area contributed by atoms with Gasteiger partial charge in [-0.25, -0.2) is 0 Å². The Labute approximate surface area is 117 Å². The van der Waals surface area contributed by atoms with Crippen LogP contribution in [0.15, 0.2) is 18.3 Å². The van der Waals surface area contributed by atoms with Gasteiger partial charge in [-0.05, 0) is 19.1 Å². The van der Waals surface area contributed by atoms with Crippen molar-refractivity contribution in [2.45, 2.75) is 13.0 Å². The fourth-order valence-electron chi connectivity index (χ4n) is 2.27. The van der Waals surface area contributed by atoms with Gasteiger partial charge in [0.15, 0.2) is 0 Å². The Morgan fingerprint density at radius 1 is 1.35 bits per heavy atom.